The fourth-order valence-electron chi connectivity index (χ4n) is 2.59. The first-order valence-corrected chi connectivity index (χ1v) is 7.23. The Hall–Kier alpha value is -2.05. The lowest BCUT2D eigenvalue weighted by atomic mass is 9.69. The van der Waals surface area contributed by atoms with E-state index in [9.17, 15) is 14.7 Å². The number of carbonyl (C=O) groups excluding carboxylic acids is 1. The van der Waals surface area contributed by atoms with E-state index in [1.807, 2.05) is 20.2 Å². The Morgan fingerprint density at radius 1 is 1.43 bits per heavy atom. The lowest BCUT2D eigenvalue weighted by Crippen LogP contribution is -2.49. The molecular formula is C14H22N4O3. The van der Waals surface area contributed by atoms with Crippen molar-refractivity contribution in [2.45, 2.75) is 39.2 Å². The Balaban J connectivity index is 1.81. The molecule has 1 aliphatic carbocycles. The number of aliphatic carboxylic acids is 1. The van der Waals surface area contributed by atoms with Crippen LogP contribution in [-0.4, -0.2) is 33.4 Å². The predicted octanol–water partition coefficient (Wildman–Crippen LogP) is 1.04. The number of carboxylic acid groups (broad SMARTS) is 1. The first kappa shape index (κ1) is 15.3. The predicted molar refractivity (Wildman–Crippen MR) is 76.7 cm³/mol. The number of rotatable bonds is 6. The molecule has 0 spiro atoms. The molecule has 1 heterocycles. The van der Waals surface area contributed by atoms with Crippen molar-refractivity contribution in [3.8, 4) is 0 Å². The summed E-state index contributed by atoms with van der Waals surface area (Å²) in [6, 6.07) is -0.339. The lowest BCUT2D eigenvalue weighted by Gasteiger charge is -2.37. The molecule has 0 saturated heterocycles. The van der Waals surface area contributed by atoms with Gasteiger partial charge in [0.1, 0.15) is 0 Å². The van der Waals surface area contributed by atoms with Crippen LogP contribution in [0.4, 0.5) is 4.79 Å². The molecule has 3 N–H and O–H groups in total. The number of nitrogens with one attached hydrogen (secondary N) is 2. The molecule has 2 rings (SSSR count). The zero-order chi connectivity index (χ0) is 15.5. The fourth-order valence-corrected chi connectivity index (χ4v) is 2.59. The van der Waals surface area contributed by atoms with Gasteiger partial charge in [-0.05, 0) is 19.3 Å². The van der Waals surface area contributed by atoms with Crippen LogP contribution in [0.2, 0.25) is 0 Å². The minimum atomic E-state index is -0.824. The van der Waals surface area contributed by atoms with E-state index in [0.29, 0.717) is 19.4 Å². The van der Waals surface area contributed by atoms with Crippen LogP contribution in [0.1, 0.15) is 37.4 Å². The molecule has 116 valence electrons. The van der Waals surface area contributed by atoms with Crippen LogP contribution in [0.15, 0.2) is 6.20 Å². The highest BCUT2D eigenvalue weighted by Gasteiger charge is 2.44. The number of urea groups is 1. The van der Waals surface area contributed by atoms with Gasteiger partial charge < -0.3 is 15.7 Å². The molecule has 1 fully saturated rings. The molecule has 7 heteroatoms. The van der Waals surface area contributed by atoms with Gasteiger partial charge >= 0.3 is 12.0 Å². The van der Waals surface area contributed by atoms with E-state index >= 15 is 0 Å². The first-order chi connectivity index (χ1) is 9.97. The summed E-state index contributed by atoms with van der Waals surface area (Å²) in [4.78, 5) is 23.0. The van der Waals surface area contributed by atoms with Gasteiger partial charge in [0, 0.05) is 31.9 Å². The Morgan fingerprint density at radius 3 is 2.67 bits per heavy atom. The minimum absolute atomic E-state index is 0.182. The Bertz CT molecular complexity index is 534. The third kappa shape index (κ3) is 3.34. The monoisotopic (exact) mass is 294 g/mol. The zero-order valence-electron chi connectivity index (χ0n) is 12.5. The van der Waals surface area contributed by atoms with Crippen molar-refractivity contribution < 1.29 is 14.7 Å². The highest BCUT2D eigenvalue weighted by atomic mass is 16.4. The number of aryl methyl sites for hydroxylation is 2. The zero-order valence-corrected chi connectivity index (χ0v) is 12.5. The van der Waals surface area contributed by atoms with Crippen molar-refractivity contribution in [1.29, 1.82) is 0 Å². The van der Waals surface area contributed by atoms with E-state index in [0.717, 1.165) is 24.1 Å². The van der Waals surface area contributed by atoms with Crippen LogP contribution in [0.25, 0.3) is 0 Å². The Kier molecular flexibility index (Phi) is 4.50. The van der Waals surface area contributed by atoms with Gasteiger partial charge in [0.25, 0.3) is 0 Å². The average Bonchev–Trinajstić information content (AvgIpc) is 2.75. The van der Waals surface area contributed by atoms with E-state index < -0.39 is 11.4 Å². The van der Waals surface area contributed by atoms with Gasteiger partial charge in [0.2, 0.25) is 0 Å². The quantitative estimate of drug-likeness (QED) is 0.730. The molecule has 0 bridgehead atoms. The minimum Gasteiger partial charge on any atom is -0.481 e. The van der Waals surface area contributed by atoms with Crippen molar-refractivity contribution >= 4 is 12.0 Å². The SMILES string of the molecule is CCc1nn(C)cc1CNC(=O)NCC1(C(=O)O)CCC1. The van der Waals surface area contributed by atoms with E-state index in [2.05, 4.69) is 15.7 Å². The van der Waals surface area contributed by atoms with E-state index in [1.54, 1.807) is 4.68 Å². The van der Waals surface area contributed by atoms with Crippen LogP contribution < -0.4 is 10.6 Å². The molecule has 0 unspecified atom stereocenters. The van der Waals surface area contributed by atoms with Crippen LogP contribution >= 0.6 is 0 Å². The normalized spacial score (nSPS) is 16.1. The Morgan fingerprint density at radius 2 is 2.14 bits per heavy atom. The molecule has 1 aromatic rings. The molecule has 1 aliphatic rings. The van der Waals surface area contributed by atoms with Gasteiger partial charge in [-0.25, -0.2) is 4.79 Å². The molecule has 2 amide bonds. The van der Waals surface area contributed by atoms with Gasteiger partial charge in [-0.3, -0.25) is 9.48 Å². The molecular weight excluding hydrogens is 272 g/mol. The van der Waals surface area contributed by atoms with Crippen LogP contribution in [0.5, 0.6) is 0 Å². The second kappa shape index (κ2) is 6.15. The maximum atomic E-state index is 11.8. The number of hydrogen-bond donors (Lipinski definition) is 3. The van der Waals surface area contributed by atoms with Crippen LogP contribution in [0, 0.1) is 5.41 Å². The van der Waals surface area contributed by atoms with Crippen molar-refractivity contribution in [3.05, 3.63) is 17.5 Å². The maximum Gasteiger partial charge on any atom is 0.315 e. The van der Waals surface area contributed by atoms with Crippen molar-refractivity contribution in [2.75, 3.05) is 6.54 Å². The smallest absolute Gasteiger partial charge is 0.315 e. The summed E-state index contributed by atoms with van der Waals surface area (Å²) < 4.78 is 1.72. The molecule has 0 aromatic carbocycles. The molecule has 0 atom stereocenters. The summed E-state index contributed by atoms with van der Waals surface area (Å²) in [5.41, 5.74) is 1.17. The second-order valence-electron chi connectivity index (χ2n) is 5.60. The third-order valence-corrected chi connectivity index (χ3v) is 4.12. The molecule has 21 heavy (non-hydrogen) atoms. The highest BCUT2D eigenvalue weighted by molar-refractivity contribution is 5.78. The topological polar surface area (TPSA) is 96.3 Å². The van der Waals surface area contributed by atoms with Gasteiger partial charge in [-0.15, -0.1) is 0 Å². The number of amides is 2. The van der Waals surface area contributed by atoms with Gasteiger partial charge in [-0.2, -0.15) is 5.10 Å². The summed E-state index contributed by atoms with van der Waals surface area (Å²) in [7, 11) is 1.84. The lowest BCUT2D eigenvalue weighted by molar-refractivity contribution is -0.153. The van der Waals surface area contributed by atoms with Crippen LogP contribution in [-0.2, 0) is 24.8 Å². The van der Waals surface area contributed by atoms with Crippen molar-refractivity contribution in [1.82, 2.24) is 20.4 Å². The molecule has 0 radical (unpaired) electrons. The largest absolute Gasteiger partial charge is 0.481 e. The van der Waals surface area contributed by atoms with E-state index in [4.69, 9.17) is 0 Å². The number of aromatic nitrogens is 2. The second-order valence-corrected chi connectivity index (χ2v) is 5.60. The molecule has 1 aromatic heterocycles. The summed E-state index contributed by atoms with van der Waals surface area (Å²) in [5, 5.41) is 18.9. The Labute approximate surface area is 123 Å². The van der Waals surface area contributed by atoms with Crippen molar-refractivity contribution in [3.63, 3.8) is 0 Å². The van der Waals surface area contributed by atoms with Gasteiger partial charge in [-0.1, -0.05) is 13.3 Å². The number of nitrogens with zero attached hydrogens (tertiary/aromatic N) is 2. The molecule has 0 aliphatic heterocycles. The first-order valence-electron chi connectivity index (χ1n) is 7.23. The summed E-state index contributed by atoms with van der Waals surface area (Å²) in [6.45, 7) is 2.59. The number of carboxylic acids is 1. The molecule has 1 saturated carbocycles. The maximum absolute atomic E-state index is 11.8. The summed E-state index contributed by atoms with van der Waals surface area (Å²) in [6.07, 6.45) is 4.85. The highest BCUT2D eigenvalue weighted by Crippen LogP contribution is 2.40. The van der Waals surface area contributed by atoms with Crippen molar-refractivity contribution in [2.24, 2.45) is 12.5 Å². The standard InChI is InChI=1S/C14H22N4O3/c1-3-11-10(8-18(2)17-11)7-15-13(21)16-9-14(12(19)20)5-4-6-14/h8H,3-7,9H2,1-2H3,(H,19,20)(H2,15,16,21). The van der Waals surface area contributed by atoms with E-state index in [-0.39, 0.29) is 12.6 Å². The fraction of sp³-hybridized carbons (Fsp3) is 0.643. The summed E-state index contributed by atoms with van der Waals surface area (Å²) in [5.74, 6) is -0.824. The van der Waals surface area contributed by atoms with E-state index in [1.165, 1.54) is 0 Å². The van der Waals surface area contributed by atoms with Crippen LogP contribution in [0.3, 0.4) is 0 Å². The number of hydrogen-bond acceptors (Lipinski definition) is 3. The molecule has 7 nitrogen and oxygen atoms in total. The summed E-state index contributed by atoms with van der Waals surface area (Å²) >= 11 is 0. The van der Waals surface area contributed by atoms with Gasteiger partial charge in [0.15, 0.2) is 0 Å². The average molecular weight is 294 g/mol. The number of carbonyl (C=O) groups is 2. The third-order valence-electron chi connectivity index (χ3n) is 4.12. The van der Waals surface area contributed by atoms with Gasteiger partial charge in [0.05, 0.1) is 11.1 Å².